The van der Waals surface area contributed by atoms with Crippen molar-refractivity contribution in [2.75, 3.05) is 25.5 Å². The van der Waals surface area contributed by atoms with Gasteiger partial charge in [-0.1, -0.05) is 0 Å². The van der Waals surface area contributed by atoms with E-state index in [4.69, 9.17) is 4.74 Å². The maximum atomic E-state index is 12.2. The van der Waals surface area contributed by atoms with Gasteiger partial charge in [-0.2, -0.15) is 0 Å². The van der Waals surface area contributed by atoms with Crippen molar-refractivity contribution in [1.29, 1.82) is 0 Å². The summed E-state index contributed by atoms with van der Waals surface area (Å²) in [6, 6.07) is 7.22. The van der Waals surface area contributed by atoms with Gasteiger partial charge in [-0.25, -0.2) is 0 Å². The summed E-state index contributed by atoms with van der Waals surface area (Å²) in [6.45, 7) is 2.81. The van der Waals surface area contributed by atoms with Gasteiger partial charge in [-0.3, -0.25) is 9.59 Å². The number of nitrogens with one attached hydrogen (secondary N) is 1. The summed E-state index contributed by atoms with van der Waals surface area (Å²) in [6.07, 6.45) is 1.70. The molecule has 0 unspecified atom stereocenters. The van der Waals surface area contributed by atoms with Crippen molar-refractivity contribution in [1.82, 2.24) is 4.90 Å². The smallest absolute Gasteiger partial charge is 0.229 e. The van der Waals surface area contributed by atoms with Gasteiger partial charge in [0.05, 0.1) is 13.0 Å². The minimum absolute atomic E-state index is 0.0267. The number of amides is 2. The average Bonchev–Trinajstić information content (AvgIpc) is 2.48. The number of likely N-dealkylation sites (tertiary alicyclic amines) is 1. The molecule has 1 aromatic carbocycles. The predicted molar refractivity (Wildman–Crippen MR) is 76.6 cm³/mol. The number of benzene rings is 1. The SMILES string of the molecule is COc1ccc(NC(=O)[C@@H]2CCCN(C(C)=O)C2)cc1. The second kappa shape index (κ2) is 6.41. The number of nitrogens with zero attached hydrogens (tertiary/aromatic N) is 1. The molecule has 0 aromatic heterocycles. The van der Waals surface area contributed by atoms with Crippen LogP contribution in [-0.2, 0) is 9.59 Å². The normalized spacial score (nSPS) is 18.5. The van der Waals surface area contributed by atoms with E-state index in [9.17, 15) is 9.59 Å². The molecule has 1 fully saturated rings. The van der Waals surface area contributed by atoms with Crippen molar-refractivity contribution >= 4 is 17.5 Å². The molecular formula is C15H20N2O3. The lowest BCUT2D eigenvalue weighted by molar-refractivity contribution is -0.132. The van der Waals surface area contributed by atoms with Crippen LogP contribution in [0.4, 0.5) is 5.69 Å². The highest BCUT2D eigenvalue weighted by Gasteiger charge is 2.26. The minimum Gasteiger partial charge on any atom is -0.497 e. The standard InChI is InChI=1S/C15H20N2O3/c1-11(18)17-9-3-4-12(10-17)15(19)16-13-5-7-14(20-2)8-6-13/h5-8,12H,3-4,9-10H2,1-2H3,(H,16,19)/t12-/m1/s1. The Labute approximate surface area is 118 Å². The molecular weight excluding hydrogens is 256 g/mol. The van der Waals surface area contributed by atoms with Crippen LogP contribution in [0.2, 0.25) is 0 Å². The summed E-state index contributed by atoms with van der Waals surface area (Å²) < 4.78 is 5.07. The highest BCUT2D eigenvalue weighted by Crippen LogP contribution is 2.20. The first-order chi connectivity index (χ1) is 9.60. The quantitative estimate of drug-likeness (QED) is 0.917. The van der Waals surface area contributed by atoms with Gasteiger partial charge in [0.1, 0.15) is 5.75 Å². The molecule has 0 saturated carbocycles. The zero-order valence-corrected chi connectivity index (χ0v) is 11.9. The van der Waals surface area contributed by atoms with E-state index in [1.165, 1.54) is 0 Å². The highest BCUT2D eigenvalue weighted by molar-refractivity contribution is 5.93. The monoisotopic (exact) mass is 276 g/mol. The lowest BCUT2D eigenvalue weighted by Crippen LogP contribution is -2.42. The molecule has 0 spiro atoms. The maximum absolute atomic E-state index is 12.2. The van der Waals surface area contributed by atoms with Crippen molar-refractivity contribution < 1.29 is 14.3 Å². The molecule has 1 aromatic rings. The van der Waals surface area contributed by atoms with Crippen molar-refractivity contribution in [2.45, 2.75) is 19.8 Å². The van der Waals surface area contributed by atoms with E-state index in [2.05, 4.69) is 5.32 Å². The van der Waals surface area contributed by atoms with Crippen molar-refractivity contribution in [3.05, 3.63) is 24.3 Å². The van der Waals surface area contributed by atoms with Gasteiger partial charge in [-0.15, -0.1) is 0 Å². The van der Waals surface area contributed by atoms with Crippen LogP contribution in [0.3, 0.4) is 0 Å². The van der Waals surface area contributed by atoms with Crippen LogP contribution in [0.5, 0.6) is 5.75 Å². The summed E-state index contributed by atoms with van der Waals surface area (Å²) in [4.78, 5) is 25.3. The van der Waals surface area contributed by atoms with Gasteiger partial charge in [0, 0.05) is 25.7 Å². The van der Waals surface area contributed by atoms with E-state index in [1.807, 2.05) is 12.1 Å². The van der Waals surface area contributed by atoms with Crippen LogP contribution in [0, 0.1) is 5.92 Å². The minimum atomic E-state index is -0.130. The summed E-state index contributed by atoms with van der Waals surface area (Å²) in [5, 5.41) is 2.89. The predicted octanol–water partition coefficient (Wildman–Crippen LogP) is 1.89. The largest absolute Gasteiger partial charge is 0.497 e. The first-order valence-corrected chi connectivity index (χ1v) is 6.80. The molecule has 1 aliphatic heterocycles. The summed E-state index contributed by atoms with van der Waals surface area (Å²) in [5.41, 5.74) is 0.746. The number of hydrogen-bond donors (Lipinski definition) is 1. The Hall–Kier alpha value is -2.04. The lowest BCUT2D eigenvalue weighted by atomic mass is 9.97. The Kier molecular flexibility index (Phi) is 4.61. The molecule has 108 valence electrons. The van der Waals surface area contributed by atoms with Gasteiger partial charge in [0.15, 0.2) is 0 Å². The molecule has 5 heteroatoms. The van der Waals surface area contributed by atoms with Gasteiger partial charge in [0.2, 0.25) is 11.8 Å². The van der Waals surface area contributed by atoms with Crippen molar-refractivity contribution in [3.63, 3.8) is 0 Å². The Morgan fingerprint density at radius 1 is 1.30 bits per heavy atom. The van der Waals surface area contributed by atoms with Crippen LogP contribution in [0.15, 0.2) is 24.3 Å². The first-order valence-electron chi connectivity index (χ1n) is 6.80. The topological polar surface area (TPSA) is 58.6 Å². The Bertz CT molecular complexity index is 484. The van der Waals surface area contributed by atoms with Crippen molar-refractivity contribution in [3.8, 4) is 5.75 Å². The van der Waals surface area contributed by atoms with E-state index < -0.39 is 0 Å². The van der Waals surface area contributed by atoms with E-state index in [1.54, 1.807) is 31.1 Å². The lowest BCUT2D eigenvalue weighted by Gasteiger charge is -2.31. The van der Waals surface area contributed by atoms with Gasteiger partial charge in [0.25, 0.3) is 0 Å². The molecule has 1 aliphatic rings. The third-order valence-corrected chi connectivity index (χ3v) is 3.60. The number of hydrogen-bond acceptors (Lipinski definition) is 3. The molecule has 1 atom stereocenters. The van der Waals surface area contributed by atoms with E-state index in [-0.39, 0.29) is 17.7 Å². The van der Waals surface area contributed by atoms with Crippen LogP contribution in [0.25, 0.3) is 0 Å². The van der Waals surface area contributed by atoms with Gasteiger partial charge >= 0.3 is 0 Å². The van der Waals surface area contributed by atoms with E-state index >= 15 is 0 Å². The third-order valence-electron chi connectivity index (χ3n) is 3.60. The fraction of sp³-hybridized carbons (Fsp3) is 0.467. The number of carbonyl (C=O) groups excluding carboxylic acids is 2. The molecule has 1 heterocycles. The second-order valence-electron chi connectivity index (χ2n) is 5.02. The highest BCUT2D eigenvalue weighted by atomic mass is 16.5. The molecule has 2 amide bonds. The second-order valence-corrected chi connectivity index (χ2v) is 5.02. The molecule has 5 nitrogen and oxygen atoms in total. The Morgan fingerprint density at radius 2 is 2.00 bits per heavy atom. The zero-order chi connectivity index (χ0) is 14.5. The zero-order valence-electron chi connectivity index (χ0n) is 11.9. The number of piperidine rings is 1. The number of methoxy groups -OCH3 is 1. The van der Waals surface area contributed by atoms with Crippen LogP contribution < -0.4 is 10.1 Å². The summed E-state index contributed by atoms with van der Waals surface area (Å²) in [7, 11) is 1.60. The van der Waals surface area contributed by atoms with Gasteiger partial charge in [-0.05, 0) is 37.1 Å². The van der Waals surface area contributed by atoms with Crippen LogP contribution >= 0.6 is 0 Å². The third kappa shape index (κ3) is 3.50. The number of carbonyl (C=O) groups is 2. The van der Waals surface area contributed by atoms with Gasteiger partial charge < -0.3 is 15.0 Å². The van der Waals surface area contributed by atoms with Crippen LogP contribution in [0.1, 0.15) is 19.8 Å². The average molecular weight is 276 g/mol. The molecule has 2 rings (SSSR count). The first kappa shape index (κ1) is 14.4. The van der Waals surface area contributed by atoms with Crippen molar-refractivity contribution in [2.24, 2.45) is 5.92 Å². The number of ether oxygens (including phenoxy) is 1. The van der Waals surface area contributed by atoms with Crippen LogP contribution in [-0.4, -0.2) is 36.9 Å². The summed E-state index contributed by atoms with van der Waals surface area (Å²) in [5.74, 6) is 0.631. The molecule has 0 aliphatic carbocycles. The Morgan fingerprint density at radius 3 is 2.60 bits per heavy atom. The summed E-state index contributed by atoms with van der Waals surface area (Å²) >= 11 is 0. The molecule has 1 N–H and O–H groups in total. The molecule has 1 saturated heterocycles. The fourth-order valence-corrected chi connectivity index (χ4v) is 2.40. The maximum Gasteiger partial charge on any atom is 0.229 e. The fourth-order valence-electron chi connectivity index (χ4n) is 2.40. The van der Waals surface area contributed by atoms with E-state index in [0.29, 0.717) is 6.54 Å². The molecule has 0 radical (unpaired) electrons. The Balaban J connectivity index is 1.95. The van der Waals surface area contributed by atoms with E-state index in [0.717, 1.165) is 30.8 Å². The molecule has 20 heavy (non-hydrogen) atoms. The number of rotatable bonds is 3. The molecule has 0 bridgehead atoms. The number of anilines is 1.